The van der Waals surface area contributed by atoms with Crippen molar-refractivity contribution in [1.29, 1.82) is 0 Å². The monoisotopic (exact) mass is 238 g/mol. The van der Waals surface area contributed by atoms with Crippen molar-refractivity contribution in [3.63, 3.8) is 0 Å². The van der Waals surface area contributed by atoms with Crippen LogP contribution in [-0.2, 0) is 9.59 Å². The van der Waals surface area contributed by atoms with Gasteiger partial charge < -0.3 is 4.90 Å². The molecule has 0 aromatic carbocycles. The van der Waals surface area contributed by atoms with Gasteiger partial charge in [0.2, 0.25) is 11.8 Å². The molecule has 0 aromatic heterocycles. The Morgan fingerprint density at radius 2 is 2.18 bits per heavy atom. The molecule has 4 heteroatoms. The van der Waals surface area contributed by atoms with Crippen LogP contribution in [0.3, 0.4) is 0 Å². The van der Waals surface area contributed by atoms with E-state index >= 15 is 0 Å². The number of carbonyl (C=O) groups is 2. The van der Waals surface area contributed by atoms with Gasteiger partial charge in [0.1, 0.15) is 0 Å². The molecule has 2 saturated heterocycles. The molecular weight excluding hydrogens is 216 g/mol. The van der Waals surface area contributed by atoms with E-state index in [0.29, 0.717) is 12.5 Å². The second kappa shape index (κ2) is 4.41. The number of nitrogens with zero attached hydrogens (tertiary/aromatic N) is 1. The third kappa shape index (κ3) is 2.10. The van der Waals surface area contributed by atoms with Gasteiger partial charge in [-0.3, -0.25) is 14.9 Å². The summed E-state index contributed by atoms with van der Waals surface area (Å²) in [5, 5.41) is 2.50. The summed E-state index contributed by atoms with van der Waals surface area (Å²) in [7, 11) is 2.08. The lowest BCUT2D eigenvalue weighted by molar-refractivity contribution is -0.143. The van der Waals surface area contributed by atoms with Crippen LogP contribution in [0.25, 0.3) is 0 Å². The Hall–Kier alpha value is -0.900. The summed E-state index contributed by atoms with van der Waals surface area (Å²) < 4.78 is 0. The Kier molecular flexibility index (Phi) is 3.25. The molecule has 2 amide bonds. The van der Waals surface area contributed by atoms with Crippen LogP contribution in [-0.4, -0.2) is 36.3 Å². The summed E-state index contributed by atoms with van der Waals surface area (Å²) in [4.78, 5) is 25.9. The van der Waals surface area contributed by atoms with Crippen LogP contribution >= 0.6 is 0 Å². The molecule has 2 rings (SSSR count). The van der Waals surface area contributed by atoms with Crippen LogP contribution in [0.15, 0.2) is 0 Å². The first-order chi connectivity index (χ1) is 7.98. The van der Waals surface area contributed by atoms with Crippen LogP contribution in [0.1, 0.15) is 39.5 Å². The second-order valence-electron chi connectivity index (χ2n) is 5.76. The lowest BCUT2D eigenvalue weighted by Crippen LogP contribution is -2.53. The van der Waals surface area contributed by atoms with Crippen molar-refractivity contribution in [3.8, 4) is 0 Å². The van der Waals surface area contributed by atoms with Gasteiger partial charge in [-0.15, -0.1) is 0 Å². The van der Waals surface area contributed by atoms with E-state index < -0.39 is 0 Å². The highest BCUT2D eigenvalue weighted by molar-refractivity contribution is 5.99. The van der Waals surface area contributed by atoms with Gasteiger partial charge in [-0.1, -0.05) is 13.3 Å². The van der Waals surface area contributed by atoms with Gasteiger partial charge in [0.25, 0.3) is 0 Å². The van der Waals surface area contributed by atoms with E-state index in [9.17, 15) is 9.59 Å². The fraction of sp³-hybridized carbons (Fsp3) is 0.846. The SMILES string of the molecule is CCCC1C(=O)NC(=O)CC12CC(C)N(C)C2. The van der Waals surface area contributed by atoms with E-state index in [1.165, 1.54) is 0 Å². The molecule has 4 nitrogen and oxygen atoms in total. The van der Waals surface area contributed by atoms with E-state index in [0.717, 1.165) is 25.8 Å². The summed E-state index contributed by atoms with van der Waals surface area (Å²) in [5.41, 5.74) is -0.108. The zero-order valence-corrected chi connectivity index (χ0v) is 11.0. The molecule has 2 aliphatic rings. The predicted molar refractivity (Wildman–Crippen MR) is 65.3 cm³/mol. The summed E-state index contributed by atoms with van der Waals surface area (Å²) in [5.74, 6) is -0.131. The molecule has 2 fully saturated rings. The average Bonchev–Trinajstić information content (AvgIpc) is 2.49. The Morgan fingerprint density at radius 1 is 1.47 bits per heavy atom. The lowest BCUT2D eigenvalue weighted by atomic mass is 9.67. The van der Waals surface area contributed by atoms with Crippen molar-refractivity contribution >= 4 is 11.8 Å². The molecule has 0 radical (unpaired) electrons. The third-order valence-electron chi connectivity index (χ3n) is 4.43. The van der Waals surface area contributed by atoms with Crippen molar-refractivity contribution in [2.24, 2.45) is 11.3 Å². The molecule has 3 unspecified atom stereocenters. The second-order valence-corrected chi connectivity index (χ2v) is 5.76. The third-order valence-corrected chi connectivity index (χ3v) is 4.43. The first kappa shape index (κ1) is 12.6. The highest BCUT2D eigenvalue weighted by atomic mass is 16.2. The van der Waals surface area contributed by atoms with Crippen LogP contribution in [0, 0.1) is 11.3 Å². The number of piperidine rings is 1. The maximum atomic E-state index is 12.0. The predicted octanol–water partition coefficient (Wildman–Crippen LogP) is 1.16. The number of likely N-dealkylation sites (tertiary alicyclic amines) is 1. The molecule has 96 valence electrons. The van der Waals surface area contributed by atoms with Gasteiger partial charge in [0, 0.05) is 30.3 Å². The van der Waals surface area contributed by atoms with E-state index in [1.54, 1.807) is 0 Å². The fourth-order valence-electron chi connectivity index (χ4n) is 3.56. The van der Waals surface area contributed by atoms with Crippen molar-refractivity contribution in [3.05, 3.63) is 0 Å². The molecule has 1 N–H and O–H groups in total. The molecule has 0 saturated carbocycles. The Bertz CT molecular complexity index is 330. The Labute approximate surface area is 103 Å². The normalized spacial score (nSPS) is 38.8. The largest absolute Gasteiger partial charge is 0.303 e. The standard InChI is InChI=1S/C13H22N2O2/c1-4-5-10-12(17)14-11(16)7-13(10)6-9(2)15(3)8-13/h9-10H,4-8H2,1-3H3,(H,14,16,17). The van der Waals surface area contributed by atoms with E-state index in [4.69, 9.17) is 0 Å². The Morgan fingerprint density at radius 3 is 2.71 bits per heavy atom. The topological polar surface area (TPSA) is 49.4 Å². The fourth-order valence-corrected chi connectivity index (χ4v) is 3.56. The maximum Gasteiger partial charge on any atom is 0.230 e. The summed E-state index contributed by atoms with van der Waals surface area (Å²) in [6, 6.07) is 0.466. The molecule has 2 heterocycles. The van der Waals surface area contributed by atoms with Crippen molar-refractivity contribution in [1.82, 2.24) is 10.2 Å². The summed E-state index contributed by atoms with van der Waals surface area (Å²) in [6.07, 6.45) is 3.36. The lowest BCUT2D eigenvalue weighted by Gasteiger charge is -2.39. The van der Waals surface area contributed by atoms with Gasteiger partial charge >= 0.3 is 0 Å². The van der Waals surface area contributed by atoms with Gasteiger partial charge in [-0.25, -0.2) is 0 Å². The quantitative estimate of drug-likeness (QED) is 0.734. The van der Waals surface area contributed by atoms with Crippen molar-refractivity contribution < 1.29 is 9.59 Å². The minimum atomic E-state index is -0.108. The number of amides is 2. The zero-order chi connectivity index (χ0) is 12.6. The highest BCUT2D eigenvalue weighted by Gasteiger charge is 2.52. The van der Waals surface area contributed by atoms with Crippen LogP contribution in [0.5, 0.6) is 0 Å². The van der Waals surface area contributed by atoms with Gasteiger partial charge in [-0.2, -0.15) is 0 Å². The Balaban J connectivity index is 2.27. The average molecular weight is 238 g/mol. The first-order valence-corrected chi connectivity index (χ1v) is 6.52. The van der Waals surface area contributed by atoms with Gasteiger partial charge in [0.05, 0.1) is 0 Å². The molecule has 0 bridgehead atoms. The van der Waals surface area contributed by atoms with Gasteiger partial charge in [-0.05, 0) is 26.8 Å². The van der Waals surface area contributed by atoms with Crippen molar-refractivity contribution in [2.75, 3.05) is 13.6 Å². The van der Waals surface area contributed by atoms with E-state index in [2.05, 4.69) is 31.1 Å². The minimum absolute atomic E-state index is 0.0117. The van der Waals surface area contributed by atoms with Crippen LogP contribution in [0.4, 0.5) is 0 Å². The van der Waals surface area contributed by atoms with E-state index in [-0.39, 0.29) is 23.1 Å². The highest BCUT2D eigenvalue weighted by Crippen LogP contribution is 2.47. The minimum Gasteiger partial charge on any atom is -0.303 e. The smallest absolute Gasteiger partial charge is 0.230 e. The molecule has 0 aliphatic carbocycles. The first-order valence-electron chi connectivity index (χ1n) is 6.52. The molecule has 0 aromatic rings. The number of imide groups is 1. The molecule has 3 atom stereocenters. The summed E-state index contributed by atoms with van der Waals surface area (Å²) >= 11 is 0. The number of nitrogens with one attached hydrogen (secondary N) is 1. The molecule has 2 aliphatic heterocycles. The summed E-state index contributed by atoms with van der Waals surface area (Å²) in [6.45, 7) is 5.15. The molecule has 1 spiro atoms. The van der Waals surface area contributed by atoms with Crippen LogP contribution < -0.4 is 5.32 Å². The zero-order valence-electron chi connectivity index (χ0n) is 11.0. The molecular formula is C13H22N2O2. The number of hydrogen-bond acceptors (Lipinski definition) is 3. The number of carbonyl (C=O) groups excluding carboxylic acids is 2. The van der Waals surface area contributed by atoms with Crippen LogP contribution in [0.2, 0.25) is 0 Å². The molecule has 17 heavy (non-hydrogen) atoms. The maximum absolute atomic E-state index is 12.0. The van der Waals surface area contributed by atoms with E-state index in [1.807, 2.05) is 0 Å². The number of rotatable bonds is 2. The number of hydrogen-bond donors (Lipinski definition) is 1. The van der Waals surface area contributed by atoms with Crippen molar-refractivity contribution in [2.45, 2.75) is 45.6 Å². The van der Waals surface area contributed by atoms with Gasteiger partial charge in [0.15, 0.2) is 0 Å².